The van der Waals surface area contributed by atoms with Gasteiger partial charge in [0.2, 0.25) is 5.91 Å². The number of carbonyl (C=O) groups is 1. The lowest BCUT2D eigenvalue weighted by molar-refractivity contribution is -0.115. The van der Waals surface area contributed by atoms with Gasteiger partial charge in [0, 0.05) is 15.8 Å². The topological polar surface area (TPSA) is 29.1 Å². The van der Waals surface area contributed by atoms with Crippen LogP contribution in [0.1, 0.15) is 12.5 Å². The van der Waals surface area contributed by atoms with E-state index in [1.54, 1.807) is 11.8 Å². The summed E-state index contributed by atoms with van der Waals surface area (Å²) in [5.74, 6) is -0.170. The van der Waals surface area contributed by atoms with Crippen molar-refractivity contribution in [2.75, 3.05) is 5.32 Å². The van der Waals surface area contributed by atoms with E-state index in [0.717, 1.165) is 16.1 Å². The highest BCUT2D eigenvalue weighted by Gasteiger charge is 2.23. The number of nitrogens with one attached hydrogen (secondary N) is 1. The summed E-state index contributed by atoms with van der Waals surface area (Å²) in [6.07, 6.45) is 0. The maximum atomic E-state index is 12.2. The number of benzene rings is 2. The highest BCUT2D eigenvalue weighted by molar-refractivity contribution is 8.00. The molecule has 0 aromatic heterocycles. The van der Waals surface area contributed by atoms with Crippen LogP contribution in [0, 0.1) is 6.92 Å². The van der Waals surface area contributed by atoms with Crippen molar-refractivity contribution in [2.24, 2.45) is 0 Å². The minimum atomic E-state index is -0.587. The maximum absolute atomic E-state index is 12.2. The van der Waals surface area contributed by atoms with Crippen LogP contribution in [0.15, 0.2) is 59.5 Å². The Hall–Kier alpha value is -1.45. The van der Waals surface area contributed by atoms with Crippen molar-refractivity contribution >= 4 is 35.0 Å². The minimum Gasteiger partial charge on any atom is -0.325 e. The summed E-state index contributed by atoms with van der Waals surface area (Å²) in [7, 11) is 0. The summed E-state index contributed by atoms with van der Waals surface area (Å²) in [6, 6.07) is 17.6. The maximum Gasteiger partial charge on any atom is 0.243 e. The van der Waals surface area contributed by atoms with E-state index in [1.165, 1.54) is 0 Å². The number of alkyl halides is 1. The van der Waals surface area contributed by atoms with Gasteiger partial charge in [0.1, 0.15) is 5.38 Å². The van der Waals surface area contributed by atoms with Crippen LogP contribution in [0.3, 0.4) is 0 Å². The van der Waals surface area contributed by atoms with E-state index in [4.69, 9.17) is 11.6 Å². The summed E-state index contributed by atoms with van der Waals surface area (Å²) in [5.41, 5.74) is 1.93. The molecule has 2 atom stereocenters. The molecule has 1 amide bonds. The summed E-state index contributed by atoms with van der Waals surface area (Å²) in [4.78, 5) is 13.3. The first-order valence-electron chi connectivity index (χ1n) is 6.79. The first-order chi connectivity index (χ1) is 10.1. The van der Waals surface area contributed by atoms with E-state index in [9.17, 15) is 4.79 Å². The van der Waals surface area contributed by atoms with Crippen molar-refractivity contribution in [1.82, 2.24) is 0 Å². The van der Waals surface area contributed by atoms with Crippen LogP contribution in [0.4, 0.5) is 5.69 Å². The van der Waals surface area contributed by atoms with Gasteiger partial charge in [0.05, 0.1) is 0 Å². The van der Waals surface area contributed by atoms with E-state index in [2.05, 4.69) is 5.32 Å². The van der Waals surface area contributed by atoms with Gasteiger partial charge in [0.15, 0.2) is 0 Å². The lowest BCUT2D eigenvalue weighted by Gasteiger charge is -2.17. The van der Waals surface area contributed by atoms with Gasteiger partial charge < -0.3 is 5.32 Å². The zero-order chi connectivity index (χ0) is 15.2. The fraction of sp³-hybridized carbons (Fsp3) is 0.235. The van der Waals surface area contributed by atoms with Gasteiger partial charge >= 0.3 is 0 Å². The Bertz CT molecular complexity index is 585. The number of aryl methyl sites for hydroxylation is 1. The number of amides is 1. The van der Waals surface area contributed by atoms with Crippen molar-refractivity contribution in [1.29, 1.82) is 0 Å². The molecule has 1 N–H and O–H groups in total. The molecule has 110 valence electrons. The molecular weight excluding hydrogens is 302 g/mol. The molecule has 0 aliphatic carbocycles. The van der Waals surface area contributed by atoms with Crippen molar-refractivity contribution in [3.8, 4) is 0 Å². The van der Waals surface area contributed by atoms with Crippen molar-refractivity contribution in [3.63, 3.8) is 0 Å². The molecule has 0 spiro atoms. The van der Waals surface area contributed by atoms with Crippen LogP contribution >= 0.6 is 23.4 Å². The Balaban J connectivity index is 1.93. The van der Waals surface area contributed by atoms with Gasteiger partial charge in [-0.15, -0.1) is 23.4 Å². The van der Waals surface area contributed by atoms with E-state index < -0.39 is 5.38 Å². The Kier molecular flexibility index (Phi) is 5.71. The second kappa shape index (κ2) is 7.53. The lowest BCUT2D eigenvalue weighted by atomic mass is 10.2. The Morgan fingerprint density at radius 1 is 1.10 bits per heavy atom. The highest BCUT2D eigenvalue weighted by atomic mass is 35.5. The monoisotopic (exact) mass is 319 g/mol. The van der Waals surface area contributed by atoms with Gasteiger partial charge in [-0.3, -0.25) is 4.79 Å². The van der Waals surface area contributed by atoms with E-state index in [1.807, 2.05) is 68.4 Å². The third-order valence-electron chi connectivity index (χ3n) is 3.05. The molecule has 0 radical (unpaired) electrons. The van der Waals surface area contributed by atoms with Crippen molar-refractivity contribution < 1.29 is 4.79 Å². The molecule has 21 heavy (non-hydrogen) atoms. The molecule has 0 heterocycles. The van der Waals surface area contributed by atoms with Gasteiger partial charge in [0.25, 0.3) is 0 Å². The molecule has 0 fully saturated rings. The Morgan fingerprint density at radius 2 is 1.71 bits per heavy atom. The van der Waals surface area contributed by atoms with Crippen LogP contribution in [0.25, 0.3) is 0 Å². The zero-order valence-electron chi connectivity index (χ0n) is 12.0. The lowest BCUT2D eigenvalue weighted by Crippen LogP contribution is -2.30. The standard InChI is InChI=1S/C17H18ClNOS/c1-12-8-10-14(11-9-12)19-17(20)16(18)13(2)21-15-6-4-3-5-7-15/h3-11,13,16H,1-2H3,(H,19,20)/t13-,16-/m1/s1. The van der Waals surface area contributed by atoms with E-state index in [0.29, 0.717) is 0 Å². The summed E-state index contributed by atoms with van der Waals surface area (Å²) in [5, 5.41) is 2.25. The number of carbonyl (C=O) groups excluding carboxylic acids is 1. The molecule has 2 nitrogen and oxygen atoms in total. The second-order valence-electron chi connectivity index (χ2n) is 4.89. The van der Waals surface area contributed by atoms with Crippen LogP contribution in [-0.4, -0.2) is 16.5 Å². The second-order valence-corrected chi connectivity index (χ2v) is 6.81. The smallest absolute Gasteiger partial charge is 0.243 e. The molecule has 4 heteroatoms. The first kappa shape index (κ1) is 15.9. The molecule has 2 aromatic rings. The predicted octanol–water partition coefficient (Wildman–Crippen LogP) is 4.72. The first-order valence-corrected chi connectivity index (χ1v) is 8.11. The quantitative estimate of drug-likeness (QED) is 0.638. The molecule has 0 aliphatic heterocycles. The van der Waals surface area contributed by atoms with Gasteiger partial charge in [-0.25, -0.2) is 0 Å². The fourth-order valence-electron chi connectivity index (χ4n) is 1.83. The predicted molar refractivity (Wildman–Crippen MR) is 91.2 cm³/mol. The van der Waals surface area contributed by atoms with Crippen LogP contribution in [-0.2, 0) is 4.79 Å². The Morgan fingerprint density at radius 3 is 2.33 bits per heavy atom. The SMILES string of the molecule is Cc1ccc(NC(=O)[C@H](Cl)[C@@H](C)Sc2ccccc2)cc1. The van der Waals surface area contributed by atoms with E-state index >= 15 is 0 Å². The van der Waals surface area contributed by atoms with Gasteiger partial charge in [-0.05, 0) is 31.2 Å². The fourth-order valence-corrected chi connectivity index (χ4v) is 3.03. The minimum absolute atomic E-state index is 0.0143. The van der Waals surface area contributed by atoms with Gasteiger partial charge in [-0.1, -0.05) is 42.8 Å². The van der Waals surface area contributed by atoms with Gasteiger partial charge in [-0.2, -0.15) is 0 Å². The molecule has 0 unspecified atom stereocenters. The van der Waals surface area contributed by atoms with Crippen LogP contribution < -0.4 is 5.32 Å². The normalized spacial score (nSPS) is 13.5. The largest absolute Gasteiger partial charge is 0.325 e. The highest BCUT2D eigenvalue weighted by Crippen LogP contribution is 2.27. The third-order valence-corrected chi connectivity index (χ3v) is 4.96. The molecule has 0 saturated carbocycles. The van der Waals surface area contributed by atoms with Crippen LogP contribution in [0.5, 0.6) is 0 Å². The third kappa shape index (κ3) is 4.80. The Labute approximate surface area is 134 Å². The summed E-state index contributed by atoms with van der Waals surface area (Å²) >= 11 is 7.88. The molecule has 2 rings (SSSR count). The molecular formula is C17H18ClNOS. The van der Waals surface area contributed by atoms with E-state index in [-0.39, 0.29) is 11.2 Å². The zero-order valence-corrected chi connectivity index (χ0v) is 13.6. The van der Waals surface area contributed by atoms with Crippen molar-refractivity contribution in [2.45, 2.75) is 29.4 Å². The molecule has 2 aromatic carbocycles. The number of halogens is 1. The molecule has 0 saturated heterocycles. The molecule has 0 bridgehead atoms. The molecule has 0 aliphatic rings. The average Bonchev–Trinajstić information content (AvgIpc) is 2.49. The summed E-state index contributed by atoms with van der Waals surface area (Å²) < 4.78 is 0. The van der Waals surface area contributed by atoms with Crippen LogP contribution in [0.2, 0.25) is 0 Å². The number of hydrogen-bond acceptors (Lipinski definition) is 2. The number of rotatable bonds is 5. The summed E-state index contributed by atoms with van der Waals surface area (Å²) in [6.45, 7) is 3.97. The number of anilines is 1. The van der Waals surface area contributed by atoms with Crippen molar-refractivity contribution in [3.05, 3.63) is 60.2 Å². The number of hydrogen-bond donors (Lipinski definition) is 1. The average molecular weight is 320 g/mol. The number of thioether (sulfide) groups is 1.